The van der Waals surface area contributed by atoms with Crippen LogP contribution in [0.3, 0.4) is 0 Å². The quantitative estimate of drug-likeness (QED) is 0.220. The van der Waals surface area contributed by atoms with Crippen molar-refractivity contribution in [3.8, 4) is 44.5 Å². The van der Waals surface area contributed by atoms with Crippen molar-refractivity contribution in [3.05, 3.63) is 167 Å². The molecule has 0 saturated heterocycles. The van der Waals surface area contributed by atoms with Gasteiger partial charge in [0.1, 0.15) is 0 Å². The fraction of sp³-hybridized carbons (Fsp3) is 0.0526. The summed E-state index contributed by atoms with van der Waals surface area (Å²) in [7, 11) is 0. The van der Waals surface area contributed by atoms with Crippen molar-refractivity contribution in [2.75, 3.05) is 0 Å². The number of fused-ring (bicyclic) bond motifs is 13. The maximum atomic E-state index is 2.37. The second kappa shape index (κ2) is 7.21. The van der Waals surface area contributed by atoms with E-state index < -0.39 is 0 Å². The molecule has 6 aromatic rings. The van der Waals surface area contributed by atoms with E-state index in [-0.39, 0.29) is 5.41 Å². The van der Waals surface area contributed by atoms with Crippen LogP contribution in [0.2, 0.25) is 0 Å². The van der Waals surface area contributed by atoms with Crippen LogP contribution in [0.1, 0.15) is 33.4 Å². The van der Waals surface area contributed by atoms with Gasteiger partial charge in [-0.3, -0.25) is 0 Å². The molecule has 38 heavy (non-hydrogen) atoms. The summed E-state index contributed by atoms with van der Waals surface area (Å²) < 4.78 is 0. The average molecular weight is 481 g/mol. The van der Waals surface area contributed by atoms with E-state index in [2.05, 4.69) is 133 Å². The Kier molecular flexibility index (Phi) is 3.87. The summed E-state index contributed by atoms with van der Waals surface area (Å²) in [6.45, 7) is 0. The van der Waals surface area contributed by atoms with Gasteiger partial charge in [0.05, 0.1) is 5.41 Å². The smallest absolute Gasteiger partial charge is 0.0619 e. The van der Waals surface area contributed by atoms with E-state index >= 15 is 0 Å². The van der Waals surface area contributed by atoms with Crippen LogP contribution in [-0.4, -0.2) is 0 Å². The fourth-order valence-corrected chi connectivity index (χ4v) is 7.79. The largest absolute Gasteiger partial charge is 0.0731 e. The Labute approximate surface area is 222 Å². The molecule has 3 aliphatic rings. The van der Waals surface area contributed by atoms with Gasteiger partial charge in [0.25, 0.3) is 0 Å². The Morgan fingerprint density at radius 3 is 1.34 bits per heavy atom. The summed E-state index contributed by atoms with van der Waals surface area (Å²) in [5.74, 6) is 0. The van der Waals surface area contributed by atoms with E-state index in [4.69, 9.17) is 0 Å². The van der Waals surface area contributed by atoms with Crippen molar-refractivity contribution >= 4 is 0 Å². The molecular formula is C38H24. The summed E-state index contributed by atoms with van der Waals surface area (Å²) in [5.41, 5.74) is 19.1. The summed E-state index contributed by atoms with van der Waals surface area (Å²) in [5, 5.41) is 0. The lowest BCUT2D eigenvalue weighted by atomic mass is 9.68. The summed E-state index contributed by atoms with van der Waals surface area (Å²) in [6, 6.07) is 50.0. The first kappa shape index (κ1) is 20.4. The Balaban J connectivity index is 1.43. The first-order chi connectivity index (χ1) is 18.9. The molecule has 0 radical (unpaired) electrons. The van der Waals surface area contributed by atoms with Crippen molar-refractivity contribution in [2.24, 2.45) is 0 Å². The van der Waals surface area contributed by atoms with Gasteiger partial charge in [0, 0.05) is 0 Å². The molecule has 0 aromatic heterocycles. The summed E-state index contributed by atoms with van der Waals surface area (Å²) in [6.07, 6.45) is 0.985. The lowest BCUT2D eigenvalue weighted by molar-refractivity contribution is 0.795. The van der Waals surface area contributed by atoms with Crippen molar-refractivity contribution < 1.29 is 0 Å². The summed E-state index contributed by atoms with van der Waals surface area (Å²) in [4.78, 5) is 0. The molecule has 0 bridgehead atoms. The third-order valence-electron chi connectivity index (χ3n) is 9.15. The lowest BCUT2D eigenvalue weighted by Crippen LogP contribution is -2.26. The Hall–Kier alpha value is -4.68. The standard InChI is InChI=1S/C38H24/c1-2-12-25-24(11-1)23-33-26(25)16-9-17-27(33)31-18-10-19-32-30-15-5-8-22-36(30)38(37(31)32)34-20-6-3-13-28(34)29-14-4-7-21-35(29)38/h1-22H,23H2. The molecule has 0 saturated carbocycles. The molecule has 0 amide bonds. The molecule has 0 aliphatic heterocycles. The van der Waals surface area contributed by atoms with E-state index in [0.717, 1.165) is 6.42 Å². The molecule has 6 aromatic carbocycles. The molecule has 0 N–H and O–H groups in total. The molecule has 0 nitrogen and oxygen atoms in total. The highest BCUT2D eigenvalue weighted by atomic mass is 14.5. The van der Waals surface area contributed by atoms with Crippen molar-refractivity contribution in [3.63, 3.8) is 0 Å². The van der Waals surface area contributed by atoms with Crippen LogP contribution >= 0.6 is 0 Å². The maximum Gasteiger partial charge on any atom is 0.0731 e. The molecule has 176 valence electrons. The van der Waals surface area contributed by atoms with E-state index in [9.17, 15) is 0 Å². The normalized spacial score (nSPS) is 14.4. The molecule has 1 spiro atoms. The molecule has 0 heterocycles. The Morgan fingerprint density at radius 1 is 0.342 bits per heavy atom. The van der Waals surface area contributed by atoms with Crippen LogP contribution in [0.25, 0.3) is 44.5 Å². The molecular weight excluding hydrogens is 456 g/mol. The zero-order valence-electron chi connectivity index (χ0n) is 20.9. The summed E-state index contributed by atoms with van der Waals surface area (Å²) >= 11 is 0. The van der Waals surface area contributed by atoms with E-state index in [0.29, 0.717) is 0 Å². The number of rotatable bonds is 1. The SMILES string of the molecule is c1ccc2c(c1)Cc1c-2cccc1-c1cccc2c1C1(c3ccccc3-c3ccccc31)c1ccccc1-2. The van der Waals surface area contributed by atoms with E-state index in [1.807, 2.05) is 0 Å². The van der Waals surface area contributed by atoms with E-state index in [1.165, 1.54) is 77.9 Å². The zero-order chi connectivity index (χ0) is 24.8. The van der Waals surface area contributed by atoms with Crippen LogP contribution in [0.5, 0.6) is 0 Å². The minimum atomic E-state index is -0.329. The molecule has 3 aliphatic carbocycles. The monoisotopic (exact) mass is 480 g/mol. The van der Waals surface area contributed by atoms with Gasteiger partial charge in [-0.25, -0.2) is 0 Å². The van der Waals surface area contributed by atoms with Crippen LogP contribution in [0.4, 0.5) is 0 Å². The van der Waals surface area contributed by atoms with Gasteiger partial charge < -0.3 is 0 Å². The highest BCUT2D eigenvalue weighted by Gasteiger charge is 2.52. The number of hydrogen-bond donors (Lipinski definition) is 0. The molecule has 9 rings (SSSR count). The molecule has 0 unspecified atom stereocenters. The number of hydrogen-bond acceptors (Lipinski definition) is 0. The van der Waals surface area contributed by atoms with Gasteiger partial charge in [-0.15, -0.1) is 0 Å². The van der Waals surface area contributed by atoms with Crippen LogP contribution < -0.4 is 0 Å². The second-order valence-corrected chi connectivity index (χ2v) is 10.8. The third kappa shape index (κ3) is 2.32. The van der Waals surface area contributed by atoms with Crippen LogP contribution in [0, 0.1) is 0 Å². The van der Waals surface area contributed by atoms with Gasteiger partial charge in [0.15, 0.2) is 0 Å². The topological polar surface area (TPSA) is 0 Å². The Morgan fingerprint density at radius 2 is 0.737 bits per heavy atom. The molecule has 0 heteroatoms. The van der Waals surface area contributed by atoms with Gasteiger partial charge in [-0.05, 0) is 84.3 Å². The van der Waals surface area contributed by atoms with Gasteiger partial charge in [0.2, 0.25) is 0 Å². The highest BCUT2D eigenvalue weighted by Crippen LogP contribution is 2.64. The van der Waals surface area contributed by atoms with E-state index in [1.54, 1.807) is 0 Å². The van der Waals surface area contributed by atoms with Gasteiger partial charge in [-0.2, -0.15) is 0 Å². The van der Waals surface area contributed by atoms with Crippen molar-refractivity contribution in [1.29, 1.82) is 0 Å². The second-order valence-electron chi connectivity index (χ2n) is 10.8. The molecule has 0 fully saturated rings. The minimum absolute atomic E-state index is 0.329. The lowest BCUT2D eigenvalue weighted by Gasteiger charge is -2.32. The predicted molar refractivity (Wildman–Crippen MR) is 156 cm³/mol. The number of benzene rings is 6. The maximum absolute atomic E-state index is 2.37. The molecule has 0 atom stereocenters. The minimum Gasteiger partial charge on any atom is -0.0619 e. The first-order valence-corrected chi connectivity index (χ1v) is 13.5. The van der Waals surface area contributed by atoms with Crippen molar-refractivity contribution in [2.45, 2.75) is 11.8 Å². The third-order valence-corrected chi connectivity index (χ3v) is 9.15. The predicted octanol–water partition coefficient (Wildman–Crippen LogP) is 9.27. The van der Waals surface area contributed by atoms with Crippen LogP contribution in [0.15, 0.2) is 133 Å². The highest BCUT2D eigenvalue weighted by molar-refractivity contribution is 5.99. The van der Waals surface area contributed by atoms with Gasteiger partial charge in [-0.1, -0.05) is 133 Å². The zero-order valence-corrected chi connectivity index (χ0v) is 20.9. The first-order valence-electron chi connectivity index (χ1n) is 13.5. The average Bonchev–Trinajstić information content (AvgIpc) is 3.61. The Bertz CT molecular complexity index is 1890. The van der Waals surface area contributed by atoms with Gasteiger partial charge >= 0.3 is 0 Å². The fourth-order valence-electron chi connectivity index (χ4n) is 7.79. The van der Waals surface area contributed by atoms with Crippen LogP contribution in [-0.2, 0) is 11.8 Å². The van der Waals surface area contributed by atoms with Crippen molar-refractivity contribution in [1.82, 2.24) is 0 Å².